The minimum atomic E-state index is -3.87. The van der Waals surface area contributed by atoms with Crippen LogP contribution in [0.15, 0.2) is 12.7 Å². The highest BCUT2D eigenvalue weighted by Gasteiger charge is 2.40. The fourth-order valence-corrected chi connectivity index (χ4v) is 6.40. The van der Waals surface area contributed by atoms with E-state index in [1.54, 1.807) is 6.92 Å². The molecule has 1 unspecified atom stereocenters. The molecule has 0 aromatic rings. The molecule has 0 aromatic heterocycles. The van der Waals surface area contributed by atoms with Gasteiger partial charge in [-0.2, -0.15) is 4.31 Å². The molecule has 116 valence electrons. The Bertz CT molecular complexity index is 566. The molecule has 9 heteroatoms. The highest BCUT2D eigenvalue weighted by molar-refractivity contribution is 7.95. The summed E-state index contributed by atoms with van der Waals surface area (Å²) < 4.78 is 53.1. The predicted octanol–water partition coefficient (Wildman–Crippen LogP) is -0.446. The zero-order chi connectivity index (χ0) is 15.4. The molecule has 1 fully saturated rings. The topological polar surface area (TPSA) is 97.8 Å². The van der Waals surface area contributed by atoms with Crippen molar-refractivity contribution < 1.29 is 26.4 Å². The Hall–Kier alpha value is -0.930. The first-order valence-corrected chi connectivity index (χ1v) is 9.51. The Balaban J connectivity index is 2.89. The third-order valence-corrected chi connectivity index (χ3v) is 7.14. The van der Waals surface area contributed by atoms with Gasteiger partial charge in [-0.3, -0.25) is 4.79 Å². The maximum Gasteiger partial charge on any atom is 0.321 e. The molecule has 7 nitrogen and oxygen atoms in total. The number of sulfone groups is 1. The molecule has 0 aromatic carbocycles. The standard InChI is InChI=1S/C11H19NO6S2/c1-3-6-12(8-11(13)18-4-2)20(16,17)10-5-7-19(14,15)9-10/h3,10H,1,4-9H2,2H3. The van der Waals surface area contributed by atoms with Crippen molar-refractivity contribution in [2.24, 2.45) is 0 Å². The number of carbonyl (C=O) groups excluding carboxylic acids is 1. The molecule has 0 amide bonds. The second kappa shape index (κ2) is 6.68. The summed E-state index contributed by atoms with van der Waals surface area (Å²) >= 11 is 0. The van der Waals surface area contributed by atoms with Gasteiger partial charge in [0.2, 0.25) is 10.0 Å². The van der Waals surface area contributed by atoms with Crippen LogP contribution in [0.3, 0.4) is 0 Å². The molecule has 1 aliphatic heterocycles. The summed E-state index contributed by atoms with van der Waals surface area (Å²) in [4.78, 5) is 11.4. The predicted molar refractivity (Wildman–Crippen MR) is 74.4 cm³/mol. The fraction of sp³-hybridized carbons (Fsp3) is 0.727. The largest absolute Gasteiger partial charge is 0.465 e. The van der Waals surface area contributed by atoms with Gasteiger partial charge in [0.05, 0.1) is 23.4 Å². The van der Waals surface area contributed by atoms with Gasteiger partial charge in [0.25, 0.3) is 0 Å². The molecular weight excluding hydrogens is 306 g/mol. The van der Waals surface area contributed by atoms with Crippen molar-refractivity contribution in [2.75, 3.05) is 31.2 Å². The minimum absolute atomic E-state index is 0.0567. The molecule has 0 spiro atoms. The third-order valence-electron chi connectivity index (χ3n) is 2.92. The van der Waals surface area contributed by atoms with E-state index in [0.717, 1.165) is 4.31 Å². The highest BCUT2D eigenvalue weighted by Crippen LogP contribution is 2.22. The number of esters is 1. The lowest BCUT2D eigenvalue weighted by atomic mass is 10.4. The van der Waals surface area contributed by atoms with Crippen LogP contribution in [0.1, 0.15) is 13.3 Å². The zero-order valence-electron chi connectivity index (χ0n) is 11.3. The lowest BCUT2D eigenvalue weighted by molar-refractivity contribution is -0.143. The van der Waals surface area contributed by atoms with Gasteiger partial charge in [-0.25, -0.2) is 16.8 Å². The first-order valence-electron chi connectivity index (χ1n) is 6.19. The molecule has 1 heterocycles. The van der Waals surface area contributed by atoms with Crippen LogP contribution in [0, 0.1) is 0 Å². The highest BCUT2D eigenvalue weighted by atomic mass is 32.2. The van der Waals surface area contributed by atoms with Crippen molar-refractivity contribution in [2.45, 2.75) is 18.6 Å². The summed E-state index contributed by atoms with van der Waals surface area (Å²) in [7, 11) is -7.18. The number of hydrogen-bond acceptors (Lipinski definition) is 6. The van der Waals surface area contributed by atoms with Gasteiger partial charge >= 0.3 is 5.97 Å². The summed E-state index contributed by atoms with van der Waals surface area (Å²) in [6.45, 7) is 4.73. The molecular formula is C11H19NO6S2. The van der Waals surface area contributed by atoms with Crippen LogP contribution in [0.4, 0.5) is 0 Å². The van der Waals surface area contributed by atoms with E-state index in [-0.39, 0.29) is 25.3 Å². The zero-order valence-corrected chi connectivity index (χ0v) is 13.0. The SMILES string of the molecule is C=CCN(CC(=O)OCC)S(=O)(=O)C1CCS(=O)(=O)C1. The number of ether oxygens (including phenoxy) is 1. The average Bonchev–Trinajstić information content (AvgIpc) is 2.70. The van der Waals surface area contributed by atoms with Gasteiger partial charge in [0.1, 0.15) is 6.54 Å². The summed E-state index contributed by atoms with van der Waals surface area (Å²) in [6.07, 6.45) is 1.40. The van der Waals surface area contributed by atoms with Crippen molar-refractivity contribution in [1.29, 1.82) is 0 Å². The smallest absolute Gasteiger partial charge is 0.321 e. The molecule has 0 bridgehead atoms. The molecule has 0 saturated carbocycles. The van der Waals surface area contributed by atoms with Crippen molar-refractivity contribution in [3.63, 3.8) is 0 Å². The van der Waals surface area contributed by atoms with Crippen molar-refractivity contribution in [3.05, 3.63) is 12.7 Å². The van der Waals surface area contributed by atoms with E-state index in [4.69, 9.17) is 4.74 Å². The number of carbonyl (C=O) groups is 1. The Morgan fingerprint density at radius 1 is 1.50 bits per heavy atom. The van der Waals surface area contributed by atoms with Crippen LogP contribution in [0.25, 0.3) is 0 Å². The summed E-state index contributed by atoms with van der Waals surface area (Å²) in [5.74, 6) is -1.21. The van der Waals surface area contributed by atoms with E-state index in [0.29, 0.717) is 0 Å². The van der Waals surface area contributed by atoms with Gasteiger partial charge in [-0.05, 0) is 13.3 Å². The Kier molecular flexibility index (Phi) is 5.72. The molecule has 20 heavy (non-hydrogen) atoms. The molecule has 0 aliphatic carbocycles. The van der Waals surface area contributed by atoms with E-state index in [9.17, 15) is 21.6 Å². The molecule has 0 radical (unpaired) electrons. The number of rotatable bonds is 7. The van der Waals surface area contributed by atoms with E-state index < -0.39 is 43.4 Å². The average molecular weight is 325 g/mol. The van der Waals surface area contributed by atoms with Crippen LogP contribution in [0.5, 0.6) is 0 Å². The maximum atomic E-state index is 12.4. The Morgan fingerprint density at radius 2 is 2.15 bits per heavy atom. The number of sulfonamides is 1. The van der Waals surface area contributed by atoms with Crippen molar-refractivity contribution in [1.82, 2.24) is 4.31 Å². The quantitative estimate of drug-likeness (QED) is 0.465. The summed E-state index contributed by atoms with van der Waals surface area (Å²) in [5.41, 5.74) is 0. The molecule has 0 N–H and O–H groups in total. The summed E-state index contributed by atoms with van der Waals surface area (Å²) in [5, 5.41) is -0.998. The second-order valence-electron chi connectivity index (χ2n) is 4.46. The first-order chi connectivity index (χ1) is 9.23. The fourth-order valence-electron chi connectivity index (χ4n) is 1.96. The van der Waals surface area contributed by atoms with E-state index >= 15 is 0 Å². The van der Waals surface area contributed by atoms with E-state index in [1.165, 1.54) is 6.08 Å². The van der Waals surface area contributed by atoms with Crippen molar-refractivity contribution in [3.8, 4) is 0 Å². The van der Waals surface area contributed by atoms with Gasteiger partial charge in [0.15, 0.2) is 9.84 Å². The minimum Gasteiger partial charge on any atom is -0.465 e. The van der Waals surface area contributed by atoms with Gasteiger partial charge in [0, 0.05) is 6.54 Å². The third kappa shape index (κ3) is 4.29. The van der Waals surface area contributed by atoms with Crippen LogP contribution < -0.4 is 0 Å². The van der Waals surface area contributed by atoms with Gasteiger partial charge in [-0.1, -0.05) is 6.08 Å². The molecule has 1 aliphatic rings. The number of hydrogen-bond donors (Lipinski definition) is 0. The van der Waals surface area contributed by atoms with Gasteiger partial charge in [-0.15, -0.1) is 6.58 Å². The molecule has 1 atom stereocenters. The van der Waals surface area contributed by atoms with Crippen LogP contribution >= 0.6 is 0 Å². The Morgan fingerprint density at radius 3 is 2.60 bits per heavy atom. The van der Waals surface area contributed by atoms with E-state index in [1.807, 2.05) is 0 Å². The molecule has 1 saturated heterocycles. The van der Waals surface area contributed by atoms with Gasteiger partial charge < -0.3 is 4.74 Å². The Labute approximate surface area is 119 Å². The second-order valence-corrected chi connectivity index (χ2v) is 8.90. The lowest BCUT2D eigenvalue weighted by Gasteiger charge is -2.22. The maximum absolute atomic E-state index is 12.4. The van der Waals surface area contributed by atoms with Crippen molar-refractivity contribution >= 4 is 25.8 Å². The normalized spacial score (nSPS) is 21.8. The lowest BCUT2D eigenvalue weighted by Crippen LogP contribution is -2.42. The number of nitrogens with zero attached hydrogens (tertiary/aromatic N) is 1. The summed E-state index contributed by atoms with van der Waals surface area (Å²) in [6, 6.07) is 0. The molecule has 1 rings (SSSR count). The monoisotopic (exact) mass is 325 g/mol. The van der Waals surface area contributed by atoms with Crippen LogP contribution in [-0.4, -0.2) is 63.6 Å². The van der Waals surface area contributed by atoms with Crippen LogP contribution in [-0.2, 0) is 29.4 Å². The van der Waals surface area contributed by atoms with E-state index in [2.05, 4.69) is 6.58 Å². The first kappa shape index (κ1) is 17.1. The van der Waals surface area contributed by atoms with Crippen LogP contribution in [0.2, 0.25) is 0 Å².